The number of carbonyl (C=O) groups is 1. The quantitative estimate of drug-likeness (QED) is 0.362. The first kappa shape index (κ1) is 19.5. The molecule has 0 aliphatic rings. The molecule has 0 aliphatic heterocycles. The van der Waals surface area contributed by atoms with E-state index >= 15 is 0 Å². The summed E-state index contributed by atoms with van der Waals surface area (Å²) in [5.41, 5.74) is 2.59. The number of thioether (sulfide) groups is 1. The van der Waals surface area contributed by atoms with Gasteiger partial charge in [0.05, 0.1) is 40.7 Å². The summed E-state index contributed by atoms with van der Waals surface area (Å²) in [4.78, 5) is 29.8. The molecule has 4 aromatic rings. The number of carbonyl (C=O) groups excluding carboxylic acids is 1. The molecule has 0 aliphatic carbocycles. The number of pyridine rings is 1. The third-order valence-corrected chi connectivity index (χ3v) is 5.90. The molecule has 0 amide bonds. The van der Waals surface area contributed by atoms with Gasteiger partial charge in [0.25, 0.3) is 5.56 Å². The average molecular weight is 428 g/mol. The summed E-state index contributed by atoms with van der Waals surface area (Å²) in [6, 6.07) is 12.6. The Morgan fingerprint density at radius 1 is 1.24 bits per heavy atom. The number of aromatic nitrogens is 3. The van der Waals surface area contributed by atoms with Gasteiger partial charge in [-0.2, -0.15) is 0 Å². The van der Waals surface area contributed by atoms with Crippen LogP contribution in [-0.2, 0) is 18.3 Å². The summed E-state index contributed by atoms with van der Waals surface area (Å²) in [7, 11) is 3.19. The first-order valence-electron chi connectivity index (χ1n) is 8.85. The van der Waals surface area contributed by atoms with Crippen LogP contribution in [0.2, 0.25) is 5.02 Å². The largest absolute Gasteiger partial charge is 0.465 e. The Bertz CT molecular complexity index is 1330. The molecule has 0 saturated heterocycles. The van der Waals surface area contributed by atoms with E-state index < -0.39 is 5.97 Å². The maximum Gasteiger partial charge on any atom is 0.337 e. The van der Waals surface area contributed by atoms with Crippen LogP contribution in [0.25, 0.3) is 21.8 Å². The van der Waals surface area contributed by atoms with Crippen LogP contribution in [0, 0.1) is 0 Å². The first-order chi connectivity index (χ1) is 14.0. The van der Waals surface area contributed by atoms with E-state index in [1.54, 1.807) is 28.9 Å². The average Bonchev–Trinajstić information content (AvgIpc) is 2.98. The highest BCUT2D eigenvalue weighted by molar-refractivity contribution is 7.98. The fourth-order valence-corrected chi connectivity index (χ4v) is 4.33. The van der Waals surface area contributed by atoms with Crippen molar-refractivity contribution in [1.82, 2.24) is 14.3 Å². The summed E-state index contributed by atoms with van der Waals surface area (Å²) in [5.74, 6) is -0.411. The number of methoxy groups -OCH3 is 1. The molecule has 0 saturated carbocycles. The van der Waals surface area contributed by atoms with Crippen molar-refractivity contribution in [2.24, 2.45) is 7.05 Å². The summed E-state index contributed by atoms with van der Waals surface area (Å²) >= 11 is 7.78. The van der Waals surface area contributed by atoms with Crippen LogP contribution in [0.5, 0.6) is 0 Å². The van der Waals surface area contributed by atoms with E-state index in [0.29, 0.717) is 33.1 Å². The van der Waals surface area contributed by atoms with Gasteiger partial charge in [0, 0.05) is 12.4 Å². The molecule has 0 radical (unpaired) electrons. The van der Waals surface area contributed by atoms with Gasteiger partial charge in [0.15, 0.2) is 0 Å². The molecule has 0 N–H and O–H groups in total. The van der Waals surface area contributed by atoms with E-state index in [1.807, 2.05) is 36.2 Å². The van der Waals surface area contributed by atoms with Crippen molar-refractivity contribution >= 4 is 51.1 Å². The Balaban J connectivity index is 1.95. The Kier molecular flexibility index (Phi) is 5.10. The number of hydrogen-bond donors (Lipinski definition) is 0. The van der Waals surface area contributed by atoms with Gasteiger partial charge in [0.2, 0.25) is 0 Å². The Morgan fingerprint density at radius 2 is 2.00 bits per heavy atom. The minimum Gasteiger partial charge on any atom is -0.465 e. The van der Waals surface area contributed by atoms with Crippen molar-refractivity contribution in [3.8, 4) is 0 Å². The third-order valence-electron chi connectivity index (χ3n) is 4.91. The standard InChI is InChI=1S/C21H18ClN3O3S/c1-24-18-14-8-5-9-15(22)17(14)23-19(29-3)16(18)20(26)25(24)11-12-6-4-7-13(10-12)21(27)28-2/h4-10H,11H2,1-3H3. The highest BCUT2D eigenvalue weighted by Crippen LogP contribution is 2.32. The molecule has 0 atom stereocenters. The molecule has 148 valence electrons. The van der Waals surface area contributed by atoms with Gasteiger partial charge in [-0.1, -0.05) is 35.9 Å². The molecule has 0 bridgehead atoms. The van der Waals surface area contributed by atoms with Crippen molar-refractivity contribution in [1.29, 1.82) is 0 Å². The van der Waals surface area contributed by atoms with E-state index in [9.17, 15) is 9.59 Å². The molecule has 2 aromatic carbocycles. The van der Waals surface area contributed by atoms with Crippen LogP contribution >= 0.6 is 23.4 Å². The zero-order chi connectivity index (χ0) is 20.7. The summed E-state index contributed by atoms with van der Waals surface area (Å²) in [6.07, 6.45) is 1.89. The van der Waals surface area contributed by atoms with Crippen molar-refractivity contribution in [2.45, 2.75) is 11.6 Å². The number of nitrogens with zero attached hydrogens (tertiary/aromatic N) is 3. The number of ether oxygens (including phenoxy) is 1. The van der Waals surface area contributed by atoms with Crippen LogP contribution in [0.15, 0.2) is 52.3 Å². The molecule has 2 aromatic heterocycles. The number of aryl methyl sites for hydroxylation is 1. The normalized spacial score (nSPS) is 11.3. The van der Waals surface area contributed by atoms with Crippen molar-refractivity contribution in [3.63, 3.8) is 0 Å². The lowest BCUT2D eigenvalue weighted by atomic mass is 10.1. The number of para-hydroxylation sites is 1. The second-order valence-electron chi connectivity index (χ2n) is 6.56. The van der Waals surface area contributed by atoms with E-state index in [0.717, 1.165) is 16.5 Å². The molecular weight excluding hydrogens is 410 g/mol. The molecule has 29 heavy (non-hydrogen) atoms. The number of hydrogen-bond acceptors (Lipinski definition) is 5. The molecular formula is C21H18ClN3O3S. The fourth-order valence-electron chi connectivity index (χ4n) is 3.54. The number of rotatable bonds is 4. The molecule has 2 heterocycles. The number of halogens is 1. The highest BCUT2D eigenvalue weighted by Gasteiger charge is 2.20. The van der Waals surface area contributed by atoms with Gasteiger partial charge in [-0.25, -0.2) is 14.5 Å². The molecule has 0 spiro atoms. The van der Waals surface area contributed by atoms with E-state index in [4.69, 9.17) is 16.3 Å². The highest BCUT2D eigenvalue weighted by atomic mass is 35.5. The van der Waals surface area contributed by atoms with Crippen molar-refractivity contribution < 1.29 is 9.53 Å². The lowest BCUT2D eigenvalue weighted by molar-refractivity contribution is 0.0600. The van der Waals surface area contributed by atoms with E-state index in [1.165, 1.54) is 18.9 Å². The second kappa shape index (κ2) is 7.57. The number of esters is 1. The predicted molar refractivity (Wildman–Crippen MR) is 116 cm³/mol. The van der Waals surface area contributed by atoms with Gasteiger partial charge in [0.1, 0.15) is 5.03 Å². The molecule has 8 heteroatoms. The maximum atomic E-state index is 13.3. The smallest absolute Gasteiger partial charge is 0.337 e. The van der Waals surface area contributed by atoms with Crippen LogP contribution in [0.1, 0.15) is 15.9 Å². The zero-order valence-electron chi connectivity index (χ0n) is 16.1. The minimum absolute atomic E-state index is 0.135. The van der Waals surface area contributed by atoms with Gasteiger partial charge in [-0.05, 0) is 30.0 Å². The fraction of sp³-hybridized carbons (Fsp3) is 0.190. The minimum atomic E-state index is -0.411. The summed E-state index contributed by atoms with van der Waals surface area (Å²) in [5, 5.41) is 2.58. The topological polar surface area (TPSA) is 66.1 Å². The Morgan fingerprint density at radius 3 is 2.72 bits per heavy atom. The van der Waals surface area contributed by atoms with E-state index in [2.05, 4.69) is 4.98 Å². The summed E-state index contributed by atoms with van der Waals surface area (Å²) < 4.78 is 8.27. The molecule has 0 fully saturated rings. The lowest BCUT2D eigenvalue weighted by Gasteiger charge is -2.10. The SMILES string of the molecule is COC(=O)c1cccc(Cn2c(=O)c3c(SC)nc4c(Cl)cccc4c3n2C)c1. The van der Waals surface area contributed by atoms with Gasteiger partial charge in [-0.3, -0.25) is 9.48 Å². The molecule has 6 nitrogen and oxygen atoms in total. The van der Waals surface area contributed by atoms with Crippen LogP contribution in [-0.4, -0.2) is 33.7 Å². The predicted octanol–water partition coefficient (Wildman–Crippen LogP) is 4.10. The lowest BCUT2D eigenvalue weighted by Crippen LogP contribution is -2.22. The second-order valence-corrected chi connectivity index (χ2v) is 7.76. The number of fused-ring (bicyclic) bond motifs is 3. The Labute approximate surface area is 176 Å². The van der Waals surface area contributed by atoms with E-state index in [-0.39, 0.29) is 5.56 Å². The monoisotopic (exact) mass is 427 g/mol. The zero-order valence-corrected chi connectivity index (χ0v) is 17.7. The van der Waals surface area contributed by atoms with Crippen molar-refractivity contribution in [3.05, 3.63) is 69.0 Å². The Hall–Kier alpha value is -2.77. The van der Waals surface area contributed by atoms with Gasteiger partial charge in [-0.15, -0.1) is 11.8 Å². The third kappa shape index (κ3) is 3.20. The van der Waals surface area contributed by atoms with Crippen LogP contribution in [0.4, 0.5) is 0 Å². The maximum absolute atomic E-state index is 13.3. The molecule has 4 rings (SSSR count). The van der Waals surface area contributed by atoms with Gasteiger partial charge >= 0.3 is 5.97 Å². The van der Waals surface area contributed by atoms with Gasteiger partial charge < -0.3 is 4.74 Å². The number of benzene rings is 2. The summed E-state index contributed by atoms with van der Waals surface area (Å²) in [6.45, 7) is 0.310. The van der Waals surface area contributed by atoms with Crippen LogP contribution < -0.4 is 5.56 Å². The van der Waals surface area contributed by atoms with Crippen LogP contribution in [0.3, 0.4) is 0 Å². The van der Waals surface area contributed by atoms with Crippen molar-refractivity contribution in [2.75, 3.05) is 13.4 Å². The molecule has 0 unspecified atom stereocenters. The first-order valence-corrected chi connectivity index (χ1v) is 10.5.